The van der Waals surface area contributed by atoms with Gasteiger partial charge in [0.25, 0.3) is 0 Å². The minimum Gasteiger partial charge on any atom is -0.409 e. The molecule has 1 aromatic rings. The number of hydrogen-bond acceptors (Lipinski definition) is 4. The van der Waals surface area contributed by atoms with Crippen molar-refractivity contribution in [3.8, 4) is 0 Å². The van der Waals surface area contributed by atoms with Gasteiger partial charge in [-0.3, -0.25) is 4.79 Å². The van der Waals surface area contributed by atoms with Gasteiger partial charge in [-0.1, -0.05) is 24.2 Å². The molecule has 0 fully saturated rings. The van der Waals surface area contributed by atoms with Crippen molar-refractivity contribution < 1.29 is 10.0 Å². The molecule has 0 radical (unpaired) electrons. The molecule has 0 saturated carbocycles. The van der Waals surface area contributed by atoms with E-state index < -0.39 is 0 Å². The number of hydrogen-bond donors (Lipinski definition) is 4. The summed E-state index contributed by atoms with van der Waals surface area (Å²) in [6.45, 7) is 5.56. The summed E-state index contributed by atoms with van der Waals surface area (Å²) in [6.07, 6.45) is 0.931. The zero-order valence-electron chi connectivity index (χ0n) is 11.9. The lowest BCUT2D eigenvalue weighted by molar-refractivity contribution is -0.120. The molecule has 0 aliphatic carbocycles. The molecule has 20 heavy (non-hydrogen) atoms. The monoisotopic (exact) mass is 278 g/mol. The first-order valence-corrected chi connectivity index (χ1v) is 6.63. The van der Waals surface area contributed by atoms with E-state index in [1.165, 1.54) is 0 Å². The Kier molecular flexibility index (Phi) is 6.52. The molecule has 5 N–H and O–H groups in total. The van der Waals surface area contributed by atoms with Crippen molar-refractivity contribution in [3.63, 3.8) is 0 Å². The standard InChI is InChI=1S/C14H22N4O2/c1-3-6-17-13(19)9-16-8-12-5-4-11(7-10(12)2)14(15)18-20/h4-5,7,16,20H,3,6,8-9H2,1-2H3,(H2,15,18)(H,17,19). The van der Waals surface area contributed by atoms with Crippen LogP contribution in [0.4, 0.5) is 0 Å². The first-order chi connectivity index (χ1) is 9.58. The third kappa shape index (κ3) is 4.89. The number of carbonyl (C=O) groups excluding carboxylic acids is 1. The number of carbonyl (C=O) groups is 1. The minimum atomic E-state index is -0.00205. The van der Waals surface area contributed by atoms with Crippen LogP contribution in [0.15, 0.2) is 23.4 Å². The van der Waals surface area contributed by atoms with Crippen LogP contribution in [-0.2, 0) is 11.3 Å². The number of oxime groups is 1. The zero-order valence-corrected chi connectivity index (χ0v) is 11.9. The summed E-state index contributed by atoms with van der Waals surface area (Å²) < 4.78 is 0. The van der Waals surface area contributed by atoms with Crippen LogP contribution in [0.3, 0.4) is 0 Å². The van der Waals surface area contributed by atoms with Crippen LogP contribution < -0.4 is 16.4 Å². The molecule has 1 rings (SSSR count). The molecule has 0 aliphatic heterocycles. The number of nitrogens with one attached hydrogen (secondary N) is 2. The summed E-state index contributed by atoms with van der Waals surface area (Å²) in [5, 5.41) is 17.5. The Morgan fingerprint density at radius 2 is 2.20 bits per heavy atom. The summed E-state index contributed by atoms with van der Waals surface area (Å²) >= 11 is 0. The molecule has 0 unspecified atom stereocenters. The van der Waals surface area contributed by atoms with Crippen molar-refractivity contribution in [3.05, 3.63) is 34.9 Å². The van der Waals surface area contributed by atoms with E-state index in [1.807, 2.05) is 26.0 Å². The largest absolute Gasteiger partial charge is 0.409 e. The second-order valence-corrected chi connectivity index (χ2v) is 4.58. The Labute approximate surface area is 119 Å². The molecule has 0 spiro atoms. The van der Waals surface area contributed by atoms with Gasteiger partial charge in [0.2, 0.25) is 5.91 Å². The van der Waals surface area contributed by atoms with Gasteiger partial charge in [-0.05, 0) is 30.5 Å². The molecule has 0 atom stereocenters. The number of benzene rings is 1. The minimum absolute atomic E-state index is 0.00205. The fourth-order valence-corrected chi connectivity index (χ4v) is 1.75. The van der Waals surface area contributed by atoms with Crippen LogP contribution in [0.5, 0.6) is 0 Å². The molecule has 0 aromatic heterocycles. The van der Waals surface area contributed by atoms with Gasteiger partial charge < -0.3 is 21.6 Å². The highest BCUT2D eigenvalue weighted by atomic mass is 16.4. The summed E-state index contributed by atoms with van der Waals surface area (Å²) in [5.41, 5.74) is 8.30. The van der Waals surface area contributed by atoms with Gasteiger partial charge in [-0.2, -0.15) is 0 Å². The Balaban J connectivity index is 2.51. The molecule has 1 amide bonds. The highest BCUT2D eigenvalue weighted by Crippen LogP contribution is 2.10. The Morgan fingerprint density at radius 1 is 1.45 bits per heavy atom. The molecular weight excluding hydrogens is 256 g/mol. The lowest BCUT2D eigenvalue weighted by atomic mass is 10.0. The number of rotatable bonds is 7. The van der Waals surface area contributed by atoms with Crippen LogP contribution in [0.25, 0.3) is 0 Å². The van der Waals surface area contributed by atoms with Gasteiger partial charge in [0, 0.05) is 18.7 Å². The van der Waals surface area contributed by atoms with Gasteiger partial charge in [0.1, 0.15) is 0 Å². The van der Waals surface area contributed by atoms with Crippen molar-refractivity contribution in [1.29, 1.82) is 0 Å². The predicted octanol–water partition coefficient (Wildman–Crippen LogP) is 0.705. The van der Waals surface area contributed by atoms with Crippen LogP contribution in [-0.4, -0.2) is 30.0 Å². The Morgan fingerprint density at radius 3 is 2.80 bits per heavy atom. The fraction of sp³-hybridized carbons (Fsp3) is 0.429. The summed E-state index contributed by atoms with van der Waals surface area (Å²) in [7, 11) is 0. The highest BCUT2D eigenvalue weighted by molar-refractivity contribution is 5.97. The molecule has 1 aromatic carbocycles. The lowest BCUT2D eigenvalue weighted by Gasteiger charge is -2.09. The normalized spacial score (nSPS) is 11.4. The molecule has 0 aliphatic rings. The second-order valence-electron chi connectivity index (χ2n) is 4.58. The average Bonchev–Trinajstić information content (AvgIpc) is 2.45. The van der Waals surface area contributed by atoms with Crippen molar-refractivity contribution in [1.82, 2.24) is 10.6 Å². The van der Waals surface area contributed by atoms with Gasteiger partial charge in [-0.25, -0.2) is 0 Å². The van der Waals surface area contributed by atoms with Crippen molar-refractivity contribution in [2.45, 2.75) is 26.8 Å². The van der Waals surface area contributed by atoms with E-state index in [-0.39, 0.29) is 11.7 Å². The van der Waals surface area contributed by atoms with Gasteiger partial charge >= 0.3 is 0 Å². The maximum atomic E-state index is 11.4. The van der Waals surface area contributed by atoms with Gasteiger partial charge in [0.05, 0.1) is 6.54 Å². The second kappa shape index (κ2) is 8.16. The van der Waals surface area contributed by atoms with Crippen molar-refractivity contribution >= 4 is 11.7 Å². The summed E-state index contributed by atoms with van der Waals surface area (Å²) in [6, 6.07) is 5.54. The average molecular weight is 278 g/mol. The van der Waals surface area contributed by atoms with E-state index in [0.29, 0.717) is 25.2 Å². The van der Waals surface area contributed by atoms with Crippen LogP contribution in [0.2, 0.25) is 0 Å². The maximum Gasteiger partial charge on any atom is 0.233 e. The smallest absolute Gasteiger partial charge is 0.233 e. The first-order valence-electron chi connectivity index (χ1n) is 6.63. The molecular formula is C14H22N4O2. The number of nitrogens with two attached hydrogens (primary N) is 1. The van der Waals surface area contributed by atoms with Crippen molar-refractivity contribution in [2.75, 3.05) is 13.1 Å². The Bertz CT molecular complexity index is 486. The third-order valence-corrected chi connectivity index (χ3v) is 2.92. The SMILES string of the molecule is CCCNC(=O)CNCc1ccc(/C(N)=N/O)cc1C. The molecule has 6 nitrogen and oxygen atoms in total. The Hall–Kier alpha value is -2.08. The third-order valence-electron chi connectivity index (χ3n) is 2.92. The van der Waals surface area contributed by atoms with Crippen molar-refractivity contribution in [2.24, 2.45) is 10.9 Å². The first kappa shape index (κ1) is 16.0. The van der Waals surface area contributed by atoms with Gasteiger partial charge in [-0.15, -0.1) is 0 Å². The van der Waals surface area contributed by atoms with E-state index >= 15 is 0 Å². The maximum absolute atomic E-state index is 11.4. The summed E-state index contributed by atoms with van der Waals surface area (Å²) in [5.74, 6) is 0.0873. The molecule has 0 heterocycles. The van der Waals surface area contributed by atoms with Crippen LogP contribution in [0.1, 0.15) is 30.0 Å². The van der Waals surface area contributed by atoms with E-state index in [4.69, 9.17) is 10.9 Å². The van der Waals surface area contributed by atoms with E-state index in [9.17, 15) is 4.79 Å². The molecule has 110 valence electrons. The predicted molar refractivity (Wildman–Crippen MR) is 78.7 cm³/mol. The van der Waals surface area contributed by atoms with E-state index in [2.05, 4.69) is 15.8 Å². The fourth-order valence-electron chi connectivity index (χ4n) is 1.75. The lowest BCUT2D eigenvalue weighted by Crippen LogP contribution is -2.34. The number of amidine groups is 1. The topological polar surface area (TPSA) is 99.7 Å². The van der Waals surface area contributed by atoms with Gasteiger partial charge in [0.15, 0.2) is 5.84 Å². The quantitative estimate of drug-likeness (QED) is 0.255. The number of nitrogens with zero attached hydrogens (tertiary/aromatic N) is 1. The molecule has 6 heteroatoms. The summed E-state index contributed by atoms with van der Waals surface area (Å²) in [4.78, 5) is 11.4. The van der Waals surface area contributed by atoms with Crippen LogP contribution in [0, 0.1) is 6.92 Å². The number of amides is 1. The van der Waals surface area contributed by atoms with Crippen LogP contribution >= 0.6 is 0 Å². The van der Waals surface area contributed by atoms with E-state index in [0.717, 1.165) is 17.5 Å². The molecule has 0 bridgehead atoms. The highest BCUT2D eigenvalue weighted by Gasteiger charge is 2.04. The van der Waals surface area contributed by atoms with E-state index in [1.54, 1.807) is 6.07 Å². The number of aryl methyl sites for hydroxylation is 1. The molecule has 0 saturated heterocycles. The zero-order chi connectivity index (χ0) is 15.0.